The SMILES string of the molecule is CCCN(CCC)C(=O)c1ccnc(C(=O)NCc2ccc(OC)cc2)c1. The van der Waals surface area contributed by atoms with Gasteiger partial charge in [-0.1, -0.05) is 26.0 Å². The molecular weight excluding hydrogens is 342 g/mol. The van der Waals surface area contributed by atoms with Crippen molar-refractivity contribution < 1.29 is 14.3 Å². The number of rotatable bonds is 9. The van der Waals surface area contributed by atoms with Gasteiger partial charge in [-0.3, -0.25) is 14.6 Å². The molecule has 1 aromatic heterocycles. The smallest absolute Gasteiger partial charge is 0.270 e. The maximum atomic E-state index is 12.7. The van der Waals surface area contributed by atoms with Crippen molar-refractivity contribution >= 4 is 11.8 Å². The lowest BCUT2D eigenvalue weighted by Crippen LogP contribution is -2.33. The van der Waals surface area contributed by atoms with Crippen LogP contribution in [0.5, 0.6) is 5.75 Å². The van der Waals surface area contributed by atoms with Gasteiger partial charge in [0.15, 0.2) is 0 Å². The van der Waals surface area contributed by atoms with Crippen molar-refractivity contribution in [1.82, 2.24) is 15.2 Å². The Hall–Kier alpha value is -2.89. The topological polar surface area (TPSA) is 71.5 Å². The number of carbonyl (C=O) groups excluding carboxylic acids is 2. The Morgan fingerprint density at radius 1 is 1.07 bits per heavy atom. The fourth-order valence-electron chi connectivity index (χ4n) is 2.74. The largest absolute Gasteiger partial charge is 0.497 e. The summed E-state index contributed by atoms with van der Waals surface area (Å²) in [6, 6.07) is 10.7. The van der Waals surface area contributed by atoms with Crippen LogP contribution in [-0.4, -0.2) is 41.9 Å². The molecule has 0 radical (unpaired) electrons. The third-order valence-electron chi connectivity index (χ3n) is 4.13. The molecular formula is C21H27N3O3. The van der Waals surface area contributed by atoms with Gasteiger partial charge in [-0.15, -0.1) is 0 Å². The zero-order valence-corrected chi connectivity index (χ0v) is 16.2. The second-order valence-corrected chi connectivity index (χ2v) is 6.25. The highest BCUT2D eigenvalue weighted by Gasteiger charge is 2.16. The van der Waals surface area contributed by atoms with E-state index in [1.165, 1.54) is 6.20 Å². The van der Waals surface area contributed by atoms with Crippen molar-refractivity contribution in [2.45, 2.75) is 33.2 Å². The second-order valence-electron chi connectivity index (χ2n) is 6.25. The van der Waals surface area contributed by atoms with Crippen LogP contribution < -0.4 is 10.1 Å². The molecule has 0 saturated heterocycles. The first-order chi connectivity index (χ1) is 13.1. The summed E-state index contributed by atoms with van der Waals surface area (Å²) in [5.41, 5.74) is 1.68. The van der Waals surface area contributed by atoms with Crippen LogP contribution in [0.1, 0.15) is 53.1 Å². The van der Waals surface area contributed by atoms with E-state index < -0.39 is 0 Å². The van der Waals surface area contributed by atoms with Crippen LogP contribution in [0, 0.1) is 0 Å². The minimum absolute atomic E-state index is 0.0645. The van der Waals surface area contributed by atoms with Gasteiger partial charge in [0.1, 0.15) is 11.4 Å². The second kappa shape index (κ2) is 10.3. The number of hydrogen-bond acceptors (Lipinski definition) is 4. The zero-order chi connectivity index (χ0) is 19.6. The van der Waals surface area contributed by atoms with E-state index in [9.17, 15) is 9.59 Å². The normalized spacial score (nSPS) is 10.3. The van der Waals surface area contributed by atoms with Crippen LogP contribution in [0.3, 0.4) is 0 Å². The summed E-state index contributed by atoms with van der Waals surface area (Å²) in [5, 5.41) is 2.83. The average Bonchev–Trinajstić information content (AvgIpc) is 2.71. The van der Waals surface area contributed by atoms with E-state index in [2.05, 4.69) is 10.3 Å². The van der Waals surface area contributed by atoms with Crippen LogP contribution in [-0.2, 0) is 6.54 Å². The molecule has 0 saturated carbocycles. The molecule has 1 aromatic carbocycles. The van der Waals surface area contributed by atoms with Gasteiger partial charge in [0, 0.05) is 31.4 Å². The third kappa shape index (κ3) is 5.81. The molecule has 0 unspecified atom stereocenters. The van der Waals surface area contributed by atoms with E-state index in [-0.39, 0.29) is 17.5 Å². The van der Waals surface area contributed by atoms with Crippen molar-refractivity contribution in [2.24, 2.45) is 0 Å². The number of benzene rings is 1. The quantitative estimate of drug-likeness (QED) is 0.736. The Labute approximate surface area is 160 Å². The van der Waals surface area contributed by atoms with Gasteiger partial charge >= 0.3 is 0 Å². The van der Waals surface area contributed by atoms with Crippen molar-refractivity contribution in [3.05, 3.63) is 59.4 Å². The molecule has 0 atom stereocenters. The number of pyridine rings is 1. The van der Waals surface area contributed by atoms with Crippen molar-refractivity contribution in [3.8, 4) is 5.75 Å². The molecule has 0 aliphatic heterocycles. The molecule has 0 bridgehead atoms. The van der Waals surface area contributed by atoms with E-state index in [0.717, 1.165) is 24.2 Å². The summed E-state index contributed by atoms with van der Waals surface area (Å²) in [7, 11) is 1.61. The highest BCUT2D eigenvalue weighted by molar-refractivity contribution is 5.98. The number of aromatic nitrogens is 1. The summed E-state index contributed by atoms with van der Waals surface area (Å²) in [6.07, 6.45) is 3.30. The summed E-state index contributed by atoms with van der Waals surface area (Å²) < 4.78 is 5.12. The van der Waals surface area contributed by atoms with Gasteiger partial charge in [0.25, 0.3) is 11.8 Å². The highest BCUT2D eigenvalue weighted by atomic mass is 16.5. The number of nitrogens with one attached hydrogen (secondary N) is 1. The third-order valence-corrected chi connectivity index (χ3v) is 4.13. The monoisotopic (exact) mass is 369 g/mol. The minimum Gasteiger partial charge on any atom is -0.497 e. The fourth-order valence-corrected chi connectivity index (χ4v) is 2.74. The molecule has 1 N–H and O–H groups in total. The molecule has 2 rings (SSSR count). The van der Waals surface area contributed by atoms with E-state index in [0.29, 0.717) is 25.2 Å². The molecule has 0 spiro atoms. The summed E-state index contributed by atoms with van der Waals surface area (Å²) in [4.78, 5) is 31.0. The molecule has 0 fully saturated rings. The van der Waals surface area contributed by atoms with Gasteiger partial charge in [0.2, 0.25) is 0 Å². The average molecular weight is 369 g/mol. The molecule has 0 aliphatic carbocycles. The Kier molecular flexibility index (Phi) is 7.79. The van der Waals surface area contributed by atoms with Crippen molar-refractivity contribution in [1.29, 1.82) is 0 Å². The Morgan fingerprint density at radius 3 is 2.33 bits per heavy atom. The van der Waals surface area contributed by atoms with Crippen LogP contribution >= 0.6 is 0 Å². The first kappa shape index (κ1) is 20.4. The van der Waals surface area contributed by atoms with Crippen molar-refractivity contribution in [3.63, 3.8) is 0 Å². The lowest BCUT2D eigenvalue weighted by Gasteiger charge is -2.21. The predicted octanol–water partition coefficient (Wildman–Crippen LogP) is 3.28. The number of hydrogen-bond donors (Lipinski definition) is 1. The molecule has 1 heterocycles. The number of carbonyl (C=O) groups is 2. The number of methoxy groups -OCH3 is 1. The summed E-state index contributed by atoms with van der Waals surface area (Å²) in [5.74, 6) is 0.393. The maximum Gasteiger partial charge on any atom is 0.270 e. The Balaban J connectivity index is 2.04. The van der Waals surface area contributed by atoms with E-state index in [1.807, 2.05) is 43.0 Å². The molecule has 6 heteroatoms. The van der Waals surface area contributed by atoms with Gasteiger partial charge in [0.05, 0.1) is 7.11 Å². The number of nitrogens with zero attached hydrogens (tertiary/aromatic N) is 2. The summed E-state index contributed by atoms with van der Waals surface area (Å²) in [6.45, 7) is 5.86. The van der Waals surface area contributed by atoms with Crippen LogP contribution in [0.4, 0.5) is 0 Å². The highest BCUT2D eigenvalue weighted by Crippen LogP contribution is 2.12. The first-order valence-electron chi connectivity index (χ1n) is 9.25. The molecule has 144 valence electrons. The maximum absolute atomic E-state index is 12.7. The van der Waals surface area contributed by atoms with Gasteiger partial charge < -0.3 is 15.0 Å². The van der Waals surface area contributed by atoms with Crippen LogP contribution in [0.15, 0.2) is 42.6 Å². The number of ether oxygens (including phenoxy) is 1. The molecule has 6 nitrogen and oxygen atoms in total. The lowest BCUT2D eigenvalue weighted by atomic mass is 10.1. The van der Waals surface area contributed by atoms with Crippen molar-refractivity contribution in [2.75, 3.05) is 20.2 Å². The fraction of sp³-hybridized carbons (Fsp3) is 0.381. The molecule has 2 aromatic rings. The number of amides is 2. The Bertz CT molecular complexity index is 754. The molecule has 27 heavy (non-hydrogen) atoms. The van der Waals surface area contributed by atoms with E-state index >= 15 is 0 Å². The van der Waals surface area contributed by atoms with Crippen LogP contribution in [0.25, 0.3) is 0 Å². The van der Waals surface area contributed by atoms with E-state index in [1.54, 1.807) is 19.2 Å². The van der Waals surface area contributed by atoms with E-state index in [4.69, 9.17) is 4.74 Å². The zero-order valence-electron chi connectivity index (χ0n) is 16.2. The van der Waals surface area contributed by atoms with Crippen LogP contribution in [0.2, 0.25) is 0 Å². The summed E-state index contributed by atoms with van der Waals surface area (Å²) >= 11 is 0. The minimum atomic E-state index is -0.307. The first-order valence-corrected chi connectivity index (χ1v) is 9.25. The predicted molar refractivity (Wildman–Crippen MR) is 105 cm³/mol. The molecule has 2 amide bonds. The lowest BCUT2D eigenvalue weighted by molar-refractivity contribution is 0.0755. The standard InChI is InChI=1S/C21H27N3O3/c1-4-12-24(13-5-2)21(26)17-10-11-22-19(14-17)20(25)23-15-16-6-8-18(27-3)9-7-16/h6-11,14H,4-5,12-13,15H2,1-3H3,(H,23,25). The van der Waals surface area contributed by atoms with Gasteiger partial charge in [-0.2, -0.15) is 0 Å². The van der Waals surface area contributed by atoms with Gasteiger partial charge in [-0.05, 0) is 42.7 Å². The van der Waals surface area contributed by atoms with Gasteiger partial charge in [-0.25, -0.2) is 0 Å². The Morgan fingerprint density at radius 2 is 1.74 bits per heavy atom. The molecule has 0 aliphatic rings.